The maximum absolute atomic E-state index is 11.8. The molecule has 1 aromatic rings. The molecule has 1 aromatic carbocycles. The van der Waals surface area contributed by atoms with Crippen molar-refractivity contribution >= 4 is 18.3 Å². The van der Waals surface area contributed by atoms with Crippen LogP contribution in [0.2, 0.25) is 0 Å². The van der Waals surface area contributed by atoms with Crippen LogP contribution < -0.4 is 11.1 Å². The van der Waals surface area contributed by atoms with Gasteiger partial charge in [-0.25, -0.2) is 0 Å². The number of nitrogens with one attached hydrogen (secondary N) is 1. The van der Waals surface area contributed by atoms with Crippen LogP contribution in [0.25, 0.3) is 0 Å². The highest BCUT2D eigenvalue weighted by Crippen LogP contribution is 2.23. The van der Waals surface area contributed by atoms with Crippen molar-refractivity contribution in [3.05, 3.63) is 35.4 Å². The van der Waals surface area contributed by atoms with Gasteiger partial charge in [-0.1, -0.05) is 57.9 Å². The molecule has 0 bridgehead atoms. The number of aliphatic hydroxyl groups is 1. The van der Waals surface area contributed by atoms with E-state index < -0.39 is 6.10 Å². The van der Waals surface area contributed by atoms with Crippen molar-refractivity contribution < 1.29 is 9.90 Å². The summed E-state index contributed by atoms with van der Waals surface area (Å²) < 4.78 is 0. The molecule has 0 aliphatic carbocycles. The Kier molecular flexibility index (Phi) is 10.9. The van der Waals surface area contributed by atoms with E-state index >= 15 is 0 Å². The van der Waals surface area contributed by atoms with E-state index in [0.29, 0.717) is 13.0 Å². The normalized spacial score (nSPS) is 12.4. The molecule has 0 radical (unpaired) electrons. The fourth-order valence-corrected chi connectivity index (χ4v) is 2.41. The lowest BCUT2D eigenvalue weighted by atomic mass is 9.86. The number of nitrogens with two attached hydrogens (primary N) is 1. The lowest BCUT2D eigenvalue weighted by molar-refractivity contribution is -0.121. The number of aliphatic hydroxyl groups excluding tert-OH is 1. The summed E-state index contributed by atoms with van der Waals surface area (Å²) in [7, 11) is 0. The number of hydrogen-bond donors (Lipinski definition) is 3. The molecule has 1 amide bonds. The van der Waals surface area contributed by atoms with Gasteiger partial charge in [0.2, 0.25) is 5.91 Å². The minimum atomic E-state index is -0.662. The SMILES string of the molecule is CC(C)(C)c1ccc(C(O)CNC(=O)CCCCCCN)cc1.Cl. The molecule has 1 atom stereocenters. The first-order chi connectivity index (χ1) is 10.8. The van der Waals surface area contributed by atoms with E-state index in [2.05, 4.69) is 26.1 Å². The number of hydrogen-bond acceptors (Lipinski definition) is 3. The van der Waals surface area contributed by atoms with Gasteiger partial charge in [0.25, 0.3) is 0 Å². The van der Waals surface area contributed by atoms with Crippen molar-refractivity contribution in [2.24, 2.45) is 5.73 Å². The van der Waals surface area contributed by atoms with Crippen LogP contribution in [0.3, 0.4) is 0 Å². The second-order valence-corrected chi connectivity index (χ2v) is 7.14. The molecule has 0 saturated heterocycles. The largest absolute Gasteiger partial charge is 0.387 e. The number of benzene rings is 1. The quantitative estimate of drug-likeness (QED) is 0.593. The molecular formula is C19H33ClN2O2. The van der Waals surface area contributed by atoms with E-state index in [1.165, 1.54) is 5.56 Å². The zero-order valence-corrected chi connectivity index (χ0v) is 16.0. The highest BCUT2D eigenvalue weighted by Gasteiger charge is 2.15. The van der Waals surface area contributed by atoms with Gasteiger partial charge in [-0.2, -0.15) is 0 Å². The molecular weight excluding hydrogens is 324 g/mol. The topological polar surface area (TPSA) is 75.3 Å². The van der Waals surface area contributed by atoms with Crippen LogP contribution in [0.15, 0.2) is 24.3 Å². The molecule has 0 aliphatic heterocycles. The molecule has 5 heteroatoms. The smallest absolute Gasteiger partial charge is 0.220 e. The standard InChI is InChI=1S/C19H32N2O2.ClH/c1-19(2,3)16-11-9-15(10-12-16)17(22)14-21-18(23)8-6-4-5-7-13-20;/h9-12,17,22H,4-8,13-14,20H2,1-3H3,(H,21,23);1H. The van der Waals surface area contributed by atoms with E-state index in [1.54, 1.807) is 0 Å². The Labute approximate surface area is 152 Å². The van der Waals surface area contributed by atoms with E-state index in [0.717, 1.165) is 31.2 Å². The van der Waals surface area contributed by atoms with E-state index in [1.807, 2.05) is 24.3 Å². The Balaban J connectivity index is 0.00000529. The molecule has 0 heterocycles. The number of rotatable bonds is 9. The number of unbranched alkanes of at least 4 members (excludes halogenated alkanes) is 3. The van der Waals surface area contributed by atoms with Crippen LogP contribution in [0.4, 0.5) is 0 Å². The summed E-state index contributed by atoms with van der Waals surface area (Å²) in [5.41, 5.74) is 7.60. The average Bonchev–Trinajstić information content (AvgIpc) is 2.51. The van der Waals surface area contributed by atoms with Crippen LogP contribution >= 0.6 is 12.4 Å². The van der Waals surface area contributed by atoms with Crippen LogP contribution in [0, 0.1) is 0 Å². The fraction of sp³-hybridized carbons (Fsp3) is 0.632. The summed E-state index contributed by atoms with van der Waals surface area (Å²) in [6, 6.07) is 7.95. The monoisotopic (exact) mass is 356 g/mol. The maximum Gasteiger partial charge on any atom is 0.220 e. The maximum atomic E-state index is 11.8. The van der Waals surface area contributed by atoms with Gasteiger partial charge in [-0.15, -0.1) is 12.4 Å². The average molecular weight is 357 g/mol. The Hall–Kier alpha value is -1.10. The van der Waals surface area contributed by atoms with Crippen LogP contribution in [0.1, 0.15) is 70.1 Å². The second-order valence-electron chi connectivity index (χ2n) is 7.14. The Bertz CT molecular complexity index is 469. The minimum absolute atomic E-state index is 0. The van der Waals surface area contributed by atoms with E-state index in [4.69, 9.17) is 5.73 Å². The minimum Gasteiger partial charge on any atom is -0.387 e. The number of halogens is 1. The predicted octanol–water partition coefficient (Wildman–Crippen LogP) is 3.46. The summed E-state index contributed by atoms with van der Waals surface area (Å²) >= 11 is 0. The third kappa shape index (κ3) is 8.67. The summed E-state index contributed by atoms with van der Waals surface area (Å²) in [4.78, 5) is 11.8. The van der Waals surface area contributed by atoms with Gasteiger partial charge in [0.05, 0.1) is 6.10 Å². The van der Waals surface area contributed by atoms with Crippen molar-refractivity contribution in [1.29, 1.82) is 0 Å². The molecule has 4 N–H and O–H groups in total. The number of amides is 1. The van der Waals surface area contributed by atoms with Crippen LogP contribution in [-0.4, -0.2) is 24.1 Å². The van der Waals surface area contributed by atoms with Gasteiger partial charge in [-0.3, -0.25) is 4.79 Å². The Morgan fingerprint density at radius 2 is 1.71 bits per heavy atom. The first kappa shape index (κ1) is 22.9. The first-order valence-corrected chi connectivity index (χ1v) is 8.60. The van der Waals surface area contributed by atoms with Crippen LogP contribution in [0.5, 0.6) is 0 Å². The van der Waals surface area contributed by atoms with Crippen molar-refractivity contribution in [3.8, 4) is 0 Å². The molecule has 1 rings (SSSR count). The molecule has 0 saturated carbocycles. The number of carbonyl (C=O) groups excluding carboxylic acids is 1. The lowest BCUT2D eigenvalue weighted by Crippen LogP contribution is -2.28. The summed E-state index contributed by atoms with van der Waals surface area (Å²) in [6.45, 7) is 7.45. The van der Waals surface area contributed by atoms with Crippen LogP contribution in [-0.2, 0) is 10.2 Å². The second kappa shape index (κ2) is 11.5. The predicted molar refractivity (Wildman–Crippen MR) is 102 cm³/mol. The molecule has 0 fully saturated rings. The van der Waals surface area contributed by atoms with Crippen molar-refractivity contribution in [1.82, 2.24) is 5.32 Å². The van der Waals surface area contributed by atoms with E-state index in [-0.39, 0.29) is 30.3 Å². The van der Waals surface area contributed by atoms with Gasteiger partial charge < -0.3 is 16.2 Å². The molecule has 4 nitrogen and oxygen atoms in total. The zero-order chi connectivity index (χ0) is 17.3. The van der Waals surface area contributed by atoms with Gasteiger partial charge in [0.1, 0.15) is 0 Å². The zero-order valence-electron chi connectivity index (χ0n) is 15.2. The summed E-state index contributed by atoms with van der Waals surface area (Å²) in [6.07, 6.45) is 3.85. The van der Waals surface area contributed by atoms with Crippen molar-refractivity contribution in [3.63, 3.8) is 0 Å². The molecule has 138 valence electrons. The molecule has 24 heavy (non-hydrogen) atoms. The molecule has 0 spiro atoms. The van der Waals surface area contributed by atoms with Crippen molar-refractivity contribution in [2.45, 2.75) is 64.4 Å². The summed E-state index contributed by atoms with van der Waals surface area (Å²) in [5, 5.41) is 13.0. The Morgan fingerprint density at radius 1 is 1.12 bits per heavy atom. The van der Waals surface area contributed by atoms with Gasteiger partial charge in [0.15, 0.2) is 0 Å². The molecule has 0 aliphatic rings. The Morgan fingerprint density at radius 3 is 2.25 bits per heavy atom. The van der Waals surface area contributed by atoms with E-state index in [9.17, 15) is 9.90 Å². The van der Waals surface area contributed by atoms with Crippen molar-refractivity contribution in [2.75, 3.05) is 13.1 Å². The third-order valence-electron chi connectivity index (χ3n) is 4.01. The summed E-state index contributed by atoms with van der Waals surface area (Å²) in [5.74, 6) is 0.00288. The third-order valence-corrected chi connectivity index (χ3v) is 4.01. The first-order valence-electron chi connectivity index (χ1n) is 8.60. The highest BCUT2D eigenvalue weighted by molar-refractivity contribution is 5.85. The molecule has 0 aromatic heterocycles. The molecule has 1 unspecified atom stereocenters. The lowest BCUT2D eigenvalue weighted by Gasteiger charge is -2.20. The van der Waals surface area contributed by atoms with Gasteiger partial charge in [0, 0.05) is 13.0 Å². The highest BCUT2D eigenvalue weighted by atomic mass is 35.5. The van der Waals surface area contributed by atoms with Gasteiger partial charge in [-0.05, 0) is 35.9 Å². The fourth-order valence-electron chi connectivity index (χ4n) is 2.41. The number of carbonyl (C=O) groups is 1. The van der Waals surface area contributed by atoms with Gasteiger partial charge >= 0.3 is 0 Å².